The van der Waals surface area contributed by atoms with Crippen LogP contribution >= 0.6 is 11.6 Å². The van der Waals surface area contributed by atoms with Gasteiger partial charge in [-0.25, -0.2) is 0 Å². The molecule has 7 heteroatoms. The number of aryl methyl sites for hydroxylation is 1. The minimum Gasteiger partial charge on any atom is -0.495 e. The summed E-state index contributed by atoms with van der Waals surface area (Å²) in [6.45, 7) is 1.92. The summed E-state index contributed by atoms with van der Waals surface area (Å²) in [7, 11) is 1.53. The molecular formula is C21H18ClN3O3. The molecule has 0 bridgehead atoms. The molecule has 2 amide bonds. The van der Waals surface area contributed by atoms with Gasteiger partial charge in [0.25, 0.3) is 11.8 Å². The van der Waals surface area contributed by atoms with E-state index >= 15 is 0 Å². The zero-order valence-electron chi connectivity index (χ0n) is 15.3. The van der Waals surface area contributed by atoms with Crippen LogP contribution in [0.1, 0.15) is 26.4 Å². The van der Waals surface area contributed by atoms with Gasteiger partial charge in [0.2, 0.25) is 0 Å². The van der Waals surface area contributed by atoms with E-state index in [1.807, 2.05) is 19.1 Å². The molecule has 3 aromatic rings. The van der Waals surface area contributed by atoms with Crippen molar-refractivity contribution >= 4 is 34.8 Å². The number of nitrogens with zero attached hydrogens (tertiary/aromatic N) is 1. The summed E-state index contributed by atoms with van der Waals surface area (Å²) in [4.78, 5) is 29.1. The molecule has 6 nitrogen and oxygen atoms in total. The first-order valence-corrected chi connectivity index (χ1v) is 8.83. The van der Waals surface area contributed by atoms with Gasteiger partial charge in [0.15, 0.2) is 0 Å². The number of halogens is 1. The number of nitrogens with one attached hydrogen (secondary N) is 2. The number of pyridine rings is 1. The van der Waals surface area contributed by atoms with Crippen LogP contribution in [-0.2, 0) is 0 Å². The molecule has 0 fully saturated rings. The Morgan fingerprint density at radius 1 is 1.00 bits per heavy atom. The Labute approximate surface area is 167 Å². The standard InChI is InChI=1S/C21H18ClN3O3/c1-13-6-7-19(28-2)17(10-13)25-20(26)14-8-9-23-18(11-14)21(27)24-16-5-3-4-15(22)12-16/h3-12H,1-2H3,(H,24,27)(H,25,26). The molecule has 3 rings (SSSR count). The van der Waals surface area contributed by atoms with Gasteiger partial charge in [0.1, 0.15) is 11.4 Å². The minimum atomic E-state index is -0.440. The highest BCUT2D eigenvalue weighted by molar-refractivity contribution is 6.31. The third-order valence-electron chi connectivity index (χ3n) is 3.94. The number of carbonyl (C=O) groups excluding carboxylic acids is 2. The van der Waals surface area contributed by atoms with Crippen LogP contribution in [0, 0.1) is 6.92 Å². The summed E-state index contributed by atoms with van der Waals surface area (Å²) in [5, 5.41) is 6.01. The van der Waals surface area contributed by atoms with E-state index in [1.54, 1.807) is 30.3 Å². The van der Waals surface area contributed by atoms with Crippen LogP contribution in [-0.4, -0.2) is 23.9 Å². The van der Waals surface area contributed by atoms with Gasteiger partial charge in [-0.05, 0) is 55.0 Å². The number of hydrogen-bond acceptors (Lipinski definition) is 4. The first-order valence-electron chi connectivity index (χ1n) is 8.45. The van der Waals surface area contributed by atoms with E-state index in [0.717, 1.165) is 5.56 Å². The van der Waals surface area contributed by atoms with Crippen LogP contribution in [0.2, 0.25) is 5.02 Å². The predicted octanol–water partition coefficient (Wildman–Crippen LogP) is 4.56. The van der Waals surface area contributed by atoms with Crippen molar-refractivity contribution in [3.8, 4) is 5.75 Å². The molecular weight excluding hydrogens is 378 g/mol. The van der Waals surface area contributed by atoms with E-state index < -0.39 is 5.91 Å². The molecule has 1 aromatic heterocycles. The van der Waals surface area contributed by atoms with Gasteiger partial charge in [0, 0.05) is 22.5 Å². The van der Waals surface area contributed by atoms with Crippen molar-refractivity contribution < 1.29 is 14.3 Å². The zero-order valence-corrected chi connectivity index (χ0v) is 16.1. The topological polar surface area (TPSA) is 80.3 Å². The van der Waals surface area contributed by atoms with E-state index in [4.69, 9.17) is 16.3 Å². The highest BCUT2D eigenvalue weighted by Crippen LogP contribution is 2.25. The number of amides is 2. The molecule has 1 heterocycles. The fourth-order valence-electron chi connectivity index (χ4n) is 2.57. The van der Waals surface area contributed by atoms with Crippen molar-refractivity contribution in [3.63, 3.8) is 0 Å². The third kappa shape index (κ3) is 4.66. The Morgan fingerprint density at radius 2 is 1.82 bits per heavy atom. The number of carbonyl (C=O) groups is 2. The molecule has 0 aliphatic heterocycles. The second-order valence-electron chi connectivity index (χ2n) is 6.05. The first kappa shape index (κ1) is 19.4. The average molecular weight is 396 g/mol. The summed E-state index contributed by atoms with van der Waals surface area (Å²) < 4.78 is 5.27. The molecule has 0 aliphatic rings. The van der Waals surface area contributed by atoms with Crippen molar-refractivity contribution in [3.05, 3.63) is 82.6 Å². The van der Waals surface area contributed by atoms with E-state index in [0.29, 0.717) is 27.7 Å². The largest absolute Gasteiger partial charge is 0.495 e. The molecule has 0 spiro atoms. The van der Waals surface area contributed by atoms with Crippen molar-refractivity contribution in [2.45, 2.75) is 6.92 Å². The van der Waals surface area contributed by atoms with Gasteiger partial charge < -0.3 is 15.4 Å². The van der Waals surface area contributed by atoms with Crippen LogP contribution in [0.5, 0.6) is 5.75 Å². The molecule has 0 saturated heterocycles. The molecule has 0 unspecified atom stereocenters. The Balaban J connectivity index is 1.78. The molecule has 142 valence electrons. The number of aromatic nitrogens is 1. The first-order chi connectivity index (χ1) is 13.5. The average Bonchev–Trinajstić information content (AvgIpc) is 2.68. The van der Waals surface area contributed by atoms with Crippen molar-refractivity contribution in [1.29, 1.82) is 0 Å². The fraction of sp³-hybridized carbons (Fsp3) is 0.0952. The molecule has 28 heavy (non-hydrogen) atoms. The predicted molar refractivity (Wildman–Crippen MR) is 109 cm³/mol. The van der Waals surface area contributed by atoms with Gasteiger partial charge in [-0.1, -0.05) is 23.7 Å². The maximum atomic E-state index is 12.6. The summed E-state index contributed by atoms with van der Waals surface area (Å²) in [5.74, 6) is -0.264. The Bertz CT molecular complexity index is 1040. The lowest BCUT2D eigenvalue weighted by molar-refractivity contribution is 0.102. The van der Waals surface area contributed by atoms with Gasteiger partial charge >= 0.3 is 0 Å². The second kappa shape index (κ2) is 8.54. The smallest absolute Gasteiger partial charge is 0.274 e. The van der Waals surface area contributed by atoms with Crippen LogP contribution in [0.25, 0.3) is 0 Å². The van der Waals surface area contributed by atoms with Crippen molar-refractivity contribution in [2.75, 3.05) is 17.7 Å². The monoisotopic (exact) mass is 395 g/mol. The van der Waals surface area contributed by atoms with Gasteiger partial charge in [-0.2, -0.15) is 0 Å². The van der Waals surface area contributed by atoms with E-state index in [-0.39, 0.29) is 11.6 Å². The summed E-state index contributed by atoms with van der Waals surface area (Å²) in [5.41, 5.74) is 2.49. The van der Waals surface area contributed by atoms with Gasteiger partial charge in [0.05, 0.1) is 12.8 Å². The Kier molecular flexibility index (Phi) is 5.91. The fourth-order valence-corrected chi connectivity index (χ4v) is 2.76. The number of anilines is 2. The highest BCUT2D eigenvalue weighted by Gasteiger charge is 2.14. The number of hydrogen-bond donors (Lipinski definition) is 2. The lowest BCUT2D eigenvalue weighted by Gasteiger charge is -2.11. The van der Waals surface area contributed by atoms with Crippen molar-refractivity contribution in [1.82, 2.24) is 4.98 Å². The maximum Gasteiger partial charge on any atom is 0.274 e. The van der Waals surface area contributed by atoms with Gasteiger partial charge in [-0.15, -0.1) is 0 Å². The van der Waals surface area contributed by atoms with E-state index in [9.17, 15) is 9.59 Å². The number of methoxy groups -OCH3 is 1. The molecule has 0 radical (unpaired) electrons. The van der Waals surface area contributed by atoms with E-state index in [1.165, 1.54) is 25.4 Å². The quantitative estimate of drug-likeness (QED) is 0.663. The third-order valence-corrected chi connectivity index (χ3v) is 4.18. The number of benzene rings is 2. The van der Waals surface area contributed by atoms with Crippen LogP contribution in [0.4, 0.5) is 11.4 Å². The lowest BCUT2D eigenvalue weighted by atomic mass is 10.1. The second-order valence-corrected chi connectivity index (χ2v) is 6.49. The maximum absolute atomic E-state index is 12.6. The van der Waals surface area contributed by atoms with Crippen LogP contribution < -0.4 is 15.4 Å². The molecule has 2 N–H and O–H groups in total. The zero-order chi connectivity index (χ0) is 20.1. The van der Waals surface area contributed by atoms with Crippen molar-refractivity contribution in [2.24, 2.45) is 0 Å². The molecule has 2 aromatic carbocycles. The highest BCUT2D eigenvalue weighted by atomic mass is 35.5. The van der Waals surface area contributed by atoms with Gasteiger partial charge in [-0.3, -0.25) is 14.6 Å². The minimum absolute atomic E-state index is 0.115. The Morgan fingerprint density at radius 3 is 2.57 bits per heavy atom. The van der Waals surface area contributed by atoms with Crippen LogP contribution in [0.15, 0.2) is 60.8 Å². The summed E-state index contributed by atoms with van der Waals surface area (Å²) >= 11 is 5.92. The number of rotatable bonds is 5. The van der Waals surface area contributed by atoms with Crippen LogP contribution in [0.3, 0.4) is 0 Å². The lowest BCUT2D eigenvalue weighted by Crippen LogP contribution is -2.17. The van der Waals surface area contributed by atoms with E-state index in [2.05, 4.69) is 15.6 Å². The number of ether oxygens (including phenoxy) is 1. The summed E-state index contributed by atoms with van der Waals surface area (Å²) in [6.07, 6.45) is 1.41. The Hall–Kier alpha value is -3.38. The summed E-state index contributed by atoms with van der Waals surface area (Å²) in [6, 6.07) is 15.2. The SMILES string of the molecule is COc1ccc(C)cc1NC(=O)c1ccnc(C(=O)Nc2cccc(Cl)c2)c1. The molecule has 0 aliphatic carbocycles. The normalized spacial score (nSPS) is 10.2. The molecule has 0 saturated carbocycles. The molecule has 0 atom stereocenters.